The van der Waals surface area contributed by atoms with Gasteiger partial charge in [0.15, 0.2) is 5.11 Å². The smallest absolute Gasteiger partial charge is 0.246 e. The fraction of sp³-hybridized carbons (Fsp3) is 0.0667. The van der Waals surface area contributed by atoms with E-state index >= 15 is 0 Å². The zero-order valence-electron chi connectivity index (χ0n) is 11.1. The molecule has 6 heteroatoms. The number of benzene rings is 2. The van der Waals surface area contributed by atoms with Gasteiger partial charge in [-0.05, 0) is 48.6 Å². The maximum absolute atomic E-state index is 11.3. The Hall–Kier alpha value is -2.60. The summed E-state index contributed by atoms with van der Waals surface area (Å²) in [6, 6.07) is 16.9. The highest BCUT2D eigenvalue weighted by Gasteiger charge is 2.24. The summed E-state index contributed by atoms with van der Waals surface area (Å²) < 4.78 is 0. The van der Waals surface area contributed by atoms with Crippen molar-refractivity contribution < 1.29 is 4.79 Å². The van der Waals surface area contributed by atoms with E-state index in [1.807, 2.05) is 54.6 Å². The number of carbonyl (C=O) groups is 1. The number of azo groups is 1. The van der Waals surface area contributed by atoms with E-state index in [-0.39, 0.29) is 12.5 Å². The lowest BCUT2D eigenvalue weighted by Crippen LogP contribution is -2.27. The van der Waals surface area contributed by atoms with Crippen molar-refractivity contribution >= 4 is 40.3 Å². The van der Waals surface area contributed by atoms with Gasteiger partial charge in [0, 0.05) is 5.69 Å². The van der Waals surface area contributed by atoms with Gasteiger partial charge in [-0.3, -0.25) is 4.79 Å². The third kappa shape index (κ3) is 3.11. The predicted octanol–water partition coefficient (Wildman–Crippen LogP) is 3.32. The molecule has 1 heterocycles. The van der Waals surface area contributed by atoms with Crippen LogP contribution in [0.25, 0.3) is 0 Å². The Morgan fingerprint density at radius 3 is 2.14 bits per heavy atom. The van der Waals surface area contributed by atoms with Crippen molar-refractivity contribution in [2.45, 2.75) is 0 Å². The zero-order chi connectivity index (χ0) is 14.7. The molecule has 0 aromatic heterocycles. The lowest BCUT2D eigenvalue weighted by atomic mass is 10.2. The Kier molecular flexibility index (Phi) is 3.70. The SMILES string of the molecule is O=C1CN(c2ccc(N=Nc3ccccc3)cc2)C(=S)N1. The van der Waals surface area contributed by atoms with Crippen LogP contribution in [0, 0.1) is 0 Å². The largest absolute Gasteiger partial charge is 0.309 e. The summed E-state index contributed by atoms with van der Waals surface area (Å²) in [7, 11) is 0. The van der Waals surface area contributed by atoms with Gasteiger partial charge in [0.2, 0.25) is 5.91 Å². The number of hydrogen-bond donors (Lipinski definition) is 1. The van der Waals surface area contributed by atoms with Gasteiger partial charge in [0.05, 0.1) is 11.4 Å². The second-order valence-electron chi connectivity index (χ2n) is 4.49. The molecule has 0 aliphatic carbocycles. The minimum atomic E-state index is -0.0900. The average Bonchev–Trinajstić information content (AvgIpc) is 2.85. The van der Waals surface area contributed by atoms with Crippen molar-refractivity contribution in [3.63, 3.8) is 0 Å². The van der Waals surface area contributed by atoms with E-state index in [4.69, 9.17) is 12.2 Å². The molecule has 21 heavy (non-hydrogen) atoms. The van der Waals surface area contributed by atoms with Crippen LogP contribution in [0.15, 0.2) is 64.8 Å². The van der Waals surface area contributed by atoms with Crippen LogP contribution in [0.3, 0.4) is 0 Å². The van der Waals surface area contributed by atoms with Crippen LogP contribution < -0.4 is 10.2 Å². The summed E-state index contributed by atoms with van der Waals surface area (Å²) in [4.78, 5) is 13.0. The Morgan fingerprint density at radius 1 is 0.952 bits per heavy atom. The van der Waals surface area contributed by atoms with Gasteiger partial charge < -0.3 is 10.2 Å². The molecule has 1 aliphatic heterocycles. The van der Waals surface area contributed by atoms with Crippen molar-refractivity contribution in [1.82, 2.24) is 5.32 Å². The number of nitrogens with one attached hydrogen (secondary N) is 1. The molecule has 2 aromatic carbocycles. The Bertz CT molecular complexity index is 697. The molecule has 0 spiro atoms. The van der Waals surface area contributed by atoms with Gasteiger partial charge in [0.1, 0.15) is 6.54 Å². The van der Waals surface area contributed by atoms with E-state index in [2.05, 4.69) is 15.5 Å². The number of anilines is 1. The average molecular weight is 296 g/mol. The molecule has 5 nitrogen and oxygen atoms in total. The normalized spacial score (nSPS) is 14.8. The molecule has 1 aliphatic rings. The van der Waals surface area contributed by atoms with Crippen molar-refractivity contribution in [1.29, 1.82) is 0 Å². The maximum atomic E-state index is 11.3. The molecule has 1 fully saturated rings. The second-order valence-corrected chi connectivity index (χ2v) is 4.88. The van der Waals surface area contributed by atoms with Gasteiger partial charge in [-0.15, -0.1) is 0 Å². The van der Waals surface area contributed by atoms with Gasteiger partial charge in [0.25, 0.3) is 0 Å². The predicted molar refractivity (Wildman–Crippen MR) is 85.1 cm³/mol. The molecular weight excluding hydrogens is 284 g/mol. The minimum Gasteiger partial charge on any atom is -0.309 e. The summed E-state index contributed by atoms with van der Waals surface area (Å²) in [5.74, 6) is -0.0900. The van der Waals surface area contributed by atoms with Crippen LogP contribution in [-0.4, -0.2) is 17.6 Å². The molecule has 0 bridgehead atoms. The molecular formula is C15H12N4OS. The van der Waals surface area contributed by atoms with E-state index < -0.39 is 0 Å². The lowest BCUT2D eigenvalue weighted by Gasteiger charge is -2.15. The fourth-order valence-corrected chi connectivity index (χ4v) is 2.24. The van der Waals surface area contributed by atoms with Gasteiger partial charge in [-0.2, -0.15) is 10.2 Å². The van der Waals surface area contributed by atoms with E-state index in [9.17, 15) is 4.79 Å². The number of rotatable bonds is 3. The maximum Gasteiger partial charge on any atom is 0.246 e. The number of hydrogen-bond acceptors (Lipinski definition) is 4. The quantitative estimate of drug-likeness (QED) is 0.698. The third-order valence-electron chi connectivity index (χ3n) is 2.99. The van der Waals surface area contributed by atoms with Crippen LogP contribution in [-0.2, 0) is 4.79 Å². The molecule has 1 amide bonds. The second kappa shape index (κ2) is 5.80. The number of carbonyl (C=O) groups excluding carboxylic acids is 1. The molecule has 0 unspecified atom stereocenters. The van der Waals surface area contributed by atoms with E-state index in [1.54, 1.807) is 4.90 Å². The third-order valence-corrected chi connectivity index (χ3v) is 3.31. The Labute approximate surface area is 127 Å². The number of amides is 1. The van der Waals surface area contributed by atoms with E-state index in [1.165, 1.54) is 0 Å². The lowest BCUT2D eigenvalue weighted by molar-refractivity contribution is -0.117. The summed E-state index contributed by atoms with van der Waals surface area (Å²) in [6.45, 7) is 0.254. The first-order chi connectivity index (χ1) is 10.2. The van der Waals surface area contributed by atoms with Crippen molar-refractivity contribution in [2.75, 3.05) is 11.4 Å². The molecule has 0 atom stereocenters. The van der Waals surface area contributed by atoms with Crippen LogP contribution in [0.1, 0.15) is 0 Å². The van der Waals surface area contributed by atoms with Crippen molar-refractivity contribution in [2.24, 2.45) is 10.2 Å². The highest BCUT2D eigenvalue weighted by atomic mass is 32.1. The molecule has 104 valence electrons. The summed E-state index contributed by atoms with van der Waals surface area (Å²) in [5.41, 5.74) is 2.40. The summed E-state index contributed by atoms with van der Waals surface area (Å²) in [5, 5.41) is 11.4. The molecule has 1 N–H and O–H groups in total. The molecule has 3 rings (SSSR count). The van der Waals surface area contributed by atoms with Crippen molar-refractivity contribution in [3.8, 4) is 0 Å². The Morgan fingerprint density at radius 2 is 1.57 bits per heavy atom. The highest BCUT2D eigenvalue weighted by molar-refractivity contribution is 7.80. The van der Waals surface area contributed by atoms with Gasteiger partial charge in [-0.1, -0.05) is 18.2 Å². The zero-order valence-corrected chi connectivity index (χ0v) is 11.9. The first kappa shape index (κ1) is 13.4. The standard InChI is InChI=1S/C15H12N4OS/c20-14-10-19(15(21)16-14)13-8-6-12(7-9-13)18-17-11-4-2-1-3-5-11/h1-9H,10H2,(H,16,20,21). The molecule has 1 saturated heterocycles. The monoisotopic (exact) mass is 296 g/mol. The van der Waals surface area contributed by atoms with Crippen LogP contribution in [0.2, 0.25) is 0 Å². The number of thiocarbonyl (C=S) groups is 1. The molecule has 0 radical (unpaired) electrons. The Balaban J connectivity index is 1.74. The van der Waals surface area contributed by atoms with Crippen LogP contribution in [0.5, 0.6) is 0 Å². The van der Waals surface area contributed by atoms with E-state index in [0.29, 0.717) is 5.11 Å². The summed E-state index contributed by atoms with van der Waals surface area (Å²) >= 11 is 5.10. The highest BCUT2D eigenvalue weighted by Crippen LogP contribution is 2.23. The van der Waals surface area contributed by atoms with Gasteiger partial charge in [-0.25, -0.2) is 0 Å². The van der Waals surface area contributed by atoms with Crippen molar-refractivity contribution in [3.05, 3.63) is 54.6 Å². The fourth-order valence-electron chi connectivity index (χ4n) is 1.96. The molecule has 0 saturated carbocycles. The first-order valence-electron chi connectivity index (χ1n) is 6.40. The minimum absolute atomic E-state index is 0.0900. The van der Waals surface area contributed by atoms with Crippen LogP contribution in [0.4, 0.5) is 17.1 Å². The number of nitrogens with zero attached hydrogens (tertiary/aromatic N) is 3. The summed E-state index contributed by atoms with van der Waals surface area (Å²) in [6.07, 6.45) is 0. The van der Waals surface area contributed by atoms with Crippen LogP contribution >= 0.6 is 12.2 Å². The van der Waals surface area contributed by atoms with Gasteiger partial charge >= 0.3 is 0 Å². The molecule has 2 aromatic rings. The first-order valence-corrected chi connectivity index (χ1v) is 6.81. The topological polar surface area (TPSA) is 57.1 Å². The van der Waals surface area contributed by atoms with E-state index in [0.717, 1.165) is 17.1 Å².